The van der Waals surface area contributed by atoms with Gasteiger partial charge < -0.3 is 10.1 Å². The Balaban J connectivity index is 2.07. The zero-order valence-corrected chi connectivity index (χ0v) is 13.3. The number of anilines is 1. The number of rotatable bonds is 5. The zero-order chi connectivity index (χ0) is 15.4. The molecule has 7 nitrogen and oxygen atoms in total. The van der Waals surface area contributed by atoms with E-state index < -0.39 is 0 Å². The molecule has 0 spiro atoms. The summed E-state index contributed by atoms with van der Waals surface area (Å²) in [5.74, 6) is 0.355. The summed E-state index contributed by atoms with van der Waals surface area (Å²) >= 11 is 7.19. The number of ether oxygens (including phenoxy) is 1. The molecule has 0 radical (unpaired) electrons. The van der Waals surface area contributed by atoms with E-state index in [1.54, 1.807) is 32.2 Å². The number of amides is 1. The summed E-state index contributed by atoms with van der Waals surface area (Å²) in [6, 6.07) is 5.03. The topological polar surface area (TPSA) is 81.9 Å². The van der Waals surface area contributed by atoms with Gasteiger partial charge in [-0.1, -0.05) is 23.4 Å². The molecule has 0 aliphatic carbocycles. The molecule has 0 aliphatic heterocycles. The van der Waals surface area contributed by atoms with Crippen molar-refractivity contribution in [1.82, 2.24) is 20.2 Å². The molecule has 1 aromatic heterocycles. The lowest BCUT2D eigenvalue weighted by molar-refractivity contribution is -0.115. The predicted molar refractivity (Wildman–Crippen MR) is 80.8 cm³/mol. The van der Waals surface area contributed by atoms with Crippen LogP contribution in [0.15, 0.2) is 23.4 Å². The molecule has 0 unspecified atom stereocenters. The van der Waals surface area contributed by atoms with E-state index in [0.717, 1.165) is 0 Å². The first-order valence-electron chi connectivity index (χ1n) is 6.04. The third-order valence-electron chi connectivity index (χ3n) is 2.65. The van der Waals surface area contributed by atoms with Crippen LogP contribution < -0.4 is 10.1 Å². The minimum absolute atomic E-state index is 0.191. The Kier molecular flexibility index (Phi) is 5.03. The van der Waals surface area contributed by atoms with Crippen molar-refractivity contribution in [2.45, 2.75) is 17.3 Å². The number of hydrogen-bond donors (Lipinski definition) is 1. The van der Waals surface area contributed by atoms with E-state index >= 15 is 0 Å². The standard InChI is InChI=1S/C12H14ClN5O2S/c1-7(21-12-15-16-17-18(12)2)11(19)14-9-6-8(13)4-5-10(9)20-3/h4-7H,1-3H3,(H,14,19)/t7-/m1/s1. The van der Waals surface area contributed by atoms with Gasteiger partial charge in [-0.3, -0.25) is 4.79 Å². The first-order chi connectivity index (χ1) is 10.0. The van der Waals surface area contributed by atoms with E-state index in [0.29, 0.717) is 21.6 Å². The summed E-state index contributed by atoms with van der Waals surface area (Å²) in [6.45, 7) is 1.77. The van der Waals surface area contributed by atoms with E-state index in [1.165, 1.54) is 23.6 Å². The third-order valence-corrected chi connectivity index (χ3v) is 4.01. The highest BCUT2D eigenvalue weighted by Crippen LogP contribution is 2.29. The number of nitrogens with one attached hydrogen (secondary N) is 1. The Bertz CT molecular complexity index is 648. The molecule has 1 aromatic carbocycles. The van der Waals surface area contributed by atoms with Crippen LogP contribution in [0.1, 0.15) is 6.92 Å². The maximum absolute atomic E-state index is 12.2. The van der Waals surface area contributed by atoms with Crippen LogP contribution in [0.5, 0.6) is 5.75 Å². The fourth-order valence-corrected chi connectivity index (χ4v) is 2.47. The van der Waals surface area contributed by atoms with E-state index in [2.05, 4.69) is 20.8 Å². The maximum Gasteiger partial charge on any atom is 0.237 e. The van der Waals surface area contributed by atoms with Crippen molar-refractivity contribution in [2.75, 3.05) is 12.4 Å². The SMILES string of the molecule is COc1ccc(Cl)cc1NC(=O)[C@@H](C)Sc1nnnn1C. The van der Waals surface area contributed by atoms with Gasteiger partial charge in [0, 0.05) is 12.1 Å². The van der Waals surface area contributed by atoms with Crippen LogP contribution in [-0.2, 0) is 11.8 Å². The lowest BCUT2D eigenvalue weighted by atomic mass is 10.3. The predicted octanol–water partition coefficient (Wildman–Crippen LogP) is 1.99. The molecule has 9 heteroatoms. The van der Waals surface area contributed by atoms with Gasteiger partial charge >= 0.3 is 0 Å². The van der Waals surface area contributed by atoms with Gasteiger partial charge in [0.1, 0.15) is 5.75 Å². The Morgan fingerprint density at radius 3 is 2.90 bits per heavy atom. The molecule has 0 aliphatic rings. The van der Waals surface area contributed by atoms with Crippen LogP contribution >= 0.6 is 23.4 Å². The Morgan fingerprint density at radius 1 is 1.52 bits per heavy atom. The molecule has 21 heavy (non-hydrogen) atoms. The molecule has 2 rings (SSSR count). The lowest BCUT2D eigenvalue weighted by Gasteiger charge is -2.13. The largest absolute Gasteiger partial charge is 0.495 e. The van der Waals surface area contributed by atoms with Gasteiger partial charge in [-0.15, -0.1) is 5.10 Å². The molecule has 2 aromatic rings. The highest BCUT2D eigenvalue weighted by Gasteiger charge is 2.19. The highest BCUT2D eigenvalue weighted by atomic mass is 35.5. The van der Waals surface area contributed by atoms with Crippen molar-refractivity contribution < 1.29 is 9.53 Å². The van der Waals surface area contributed by atoms with Gasteiger partial charge in [-0.2, -0.15) is 0 Å². The average Bonchev–Trinajstić information content (AvgIpc) is 2.84. The fourth-order valence-electron chi connectivity index (χ4n) is 1.54. The van der Waals surface area contributed by atoms with Crippen molar-refractivity contribution in [3.8, 4) is 5.75 Å². The van der Waals surface area contributed by atoms with Crippen molar-refractivity contribution in [1.29, 1.82) is 0 Å². The molecule has 0 saturated heterocycles. The van der Waals surface area contributed by atoms with Gasteiger partial charge in [-0.25, -0.2) is 4.68 Å². The van der Waals surface area contributed by atoms with E-state index in [9.17, 15) is 4.79 Å². The molecule has 0 saturated carbocycles. The van der Waals surface area contributed by atoms with Crippen LogP contribution in [0.25, 0.3) is 0 Å². The van der Waals surface area contributed by atoms with E-state index in [4.69, 9.17) is 16.3 Å². The summed E-state index contributed by atoms with van der Waals surface area (Å²) in [5, 5.41) is 14.6. The second kappa shape index (κ2) is 6.77. The maximum atomic E-state index is 12.2. The molecule has 1 N–H and O–H groups in total. The molecule has 0 bridgehead atoms. The number of hydrogen-bond acceptors (Lipinski definition) is 6. The van der Waals surface area contributed by atoms with Crippen LogP contribution in [0.2, 0.25) is 5.02 Å². The summed E-state index contributed by atoms with van der Waals surface area (Å²) in [4.78, 5) is 12.2. The van der Waals surface area contributed by atoms with Gasteiger partial charge in [-0.05, 0) is 35.5 Å². The number of benzene rings is 1. The van der Waals surface area contributed by atoms with Crippen molar-refractivity contribution in [3.05, 3.63) is 23.2 Å². The van der Waals surface area contributed by atoms with Gasteiger partial charge in [0.25, 0.3) is 0 Å². The number of tetrazole rings is 1. The number of carbonyl (C=O) groups excluding carboxylic acids is 1. The van der Waals surface area contributed by atoms with Crippen molar-refractivity contribution in [2.24, 2.45) is 7.05 Å². The Hall–Kier alpha value is -1.80. The Labute approximate surface area is 131 Å². The summed E-state index contributed by atoms with van der Waals surface area (Å²) in [6.07, 6.45) is 0. The summed E-state index contributed by atoms with van der Waals surface area (Å²) in [7, 11) is 3.25. The average molecular weight is 328 g/mol. The highest BCUT2D eigenvalue weighted by molar-refractivity contribution is 8.00. The lowest BCUT2D eigenvalue weighted by Crippen LogP contribution is -2.23. The molecule has 1 atom stereocenters. The number of aryl methyl sites for hydroxylation is 1. The van der Waals surface area contributed by atoms with Gasteiger partial charge in [0.2, 0.25) is 11.1 Å². The van der Waals surface area contributed by atoms with Crippen LogP contribution in [0, 0.1) is 0 Å². The number of nitrogens with zero attached hydrogens (tertiary/aromatic N) is 4. The minimum atomic E-state index is -0.376. The monoisotopic (exact) mass is 327 g/mol. The first kappa shape index (κ1) is 15.6. The zero-order valence-electron chi connectivity index (χ0n) is 11.7. The van der Waals surface area contributed by atoms with Gasteiger partial charge in [0.05, 0.1) is 18.0 Å². The van der Waals surface area contributed by atoms with Crippen LogP contribution in [-0.4, -0.2) is 38.5 Å². The van der Waals surface area contributed by atoms with Crippen molar-refractivity contribution in [3.63, 3.8) is 0 Å². The van der Waals surface area contributed by atoms with Crippen molar-refractivity contribution >= 4 is 35.0 Å². The molecule has 0 fully saturated rings. The van der Waals surface area contributed by atoms with Crippen LogP contribution in [0.4, 0.5) is 5.69 Å². The normalized spacial score (nSPS) is 12.0. The molecule has 112 valence electrons. The summed E-state index contributed by atoms with van der Waals surface area (Å²) < 4.78 is 6.70. The molecular formula is C12H14ClN5O2S. The number of carbonyl (C=O) groups is 1. The van der Waals surface area contributed by atoms with E-state index in [1.807, 2.05) is 0 Å². The van der Waals surface area contributed by atoms with E-state index in [-0.39, 0.29) is 11.2 Å². The number of thioether (sulfide) groups is 1. The quantitative estimate of drug-likeness (QED) is 0.846. The number of aromatic nitrogens is 4. The minimum Gasteiger partial charge on any atom is -0.495 e. The summed E-state index contributed by atoms with van der Waals surface area (Å²) in [5.41, 5.74) is 0.526. The molecule has 1 amide bonds. The number of halogens is 1. The smallest absolute Gasteiger partial charge is 0.237 e. The third kappa shape index (κ3) is 3.85. The fraction of sp³-hybridized carbons (Fsp3) is 0.333. The molecule has 1 heterocycles. The number of methoxy groups -OCH3 is 1. The Morgan fingerprint density at radius 2 is 2.29 bits per heavy atom. The first-order valence-corrected chi connectivity index (χ1v) is 7.30. The second-order valence-electron chi connectivity index (χ2n) is 4.18. The van der Waals surface area contributed by atoms with Crippen LogP contribution in [0.3, 0.4) is 0 Å². The van der Waals surface area contributed by atoms with Gasteiger partial charge in [0.15, 0.2) is 0 Å². The second-order valence-corrected chi connectivity index (χ2v) is 5.92. The molecular weight excluding hydrogens is 314 g/mol.